The molecule has 1 atom stereocenters. The average Bonchev–Trinajstić information content (AvgIpc) is 2.16. The van der Waals surface area contributed by atoms with Crippen molar-refractivity contribution in [1.29, 1.82) is 0 Å². The Labute approximate surface area is 87.5 Å². The highest BCUT2D eigenvalue weighted by atomic mass is 79.9. The van der Waals surface area contributed by atoms with E-state index in [-0.39, 0.29) is 5.97 Å². The Balaban J connectivity index is 2.94. The Bertz CT molecular complexity index is 233. The molecule has 0 aliphatic heterocycles. The molecule has 13 heavy (non-hydrogen) atoms. The van der Waals surface area contributed by atoms with Crippen LogP contribution in [0.25, 0.3) is 0 Å². The smallest absolute Gasteiger partial charge is 0.333 e. The first-order valence-corrected chi connectivity index (χ1v) is 5.69. The van der Waals surface area contributed by atoms with E-state index < -0.39 is 0 Å². The van der Waals surface area contributed by atoms with Gasteiger partial charge in [0.2, 0.25) is 0 Å². The monoisotopic (exact) mass is 246 g/mol. The molecule has 74 valence electrons. The minimum Gasteiger partial charge on any atom is -0.466 e. The quantitative estimate of drug-likeness (QED) is 0.554. The summed E-state index contributed by atoms with van der Waals surface area (Å²) in [4.78, 5) is 11.4. The summed E-state index contributed by atoms with van der Waals surface area (Å²) in [6.45, 7) is 2.09. The van der Waals surface area contributed by atoms with Crippen molar-refractivity contribution in [2.75, 3.05) is 12.4 Å². The van der Waals surface area contributed by atoms with Crippen molar-refractivity contribution in [3.05, 3.63) is 11.1 Å². The summed E-state index contributed by atoms with van der Waals surface area (Å²) in [5.41, 5.74) is 2.11. The predicted molar refractivity (Wildman–Crippen MR) is 55.9 cm³/mol. The number of ether oxygens (including phenoxy) is 1. The lowest BCUT2D eigenvalue weighted by Crippen LogP contribution is -2.19. The predicted octanol–water partition coefficient (Wildman–Crippen LogP) is 2.67. The fourth-order valence-corrected chi connectivity index (χ4v) is 2.43. The van der Waals surface area contributed by atoms with Gasteiger partial charge in [-0.15, -0.1) is 0 Å². The maximum absolute atomic E-state index is 11.4. The van der Waals surface area contributed by atoms with Gasteiger partial charge >= 0.3 is 5.97 Å². The second-order valence-electron chi connectivity index (χ2n) is 3.44. The van der Waals surface area contributed by atoms with E-state index in [4.69, 9.17) is 4.74 Å². The van der Waals surface area contributed by atoms with Gasteiger partial charge in [0.1, 0.15) is 0 Å². The fourth-order valence-electron chi connectivity index (χ4n) is 1.84. The van der Waals surface area contributed by atoms with Gasteiger partial charge in [-0.25, -0.2) is 4.79 Å². The van der Waals surface area contributed by atoms with Gasteiger partial charge in [0.15, 0.2) is 0 Å². The molecule has 0 bridgehead atoms. The van der Waals surface area contributed by atoms with Crippen LogP contribution in [0.1, 0.15) is 26.2 Å². The van der Waals surface area contributed by atoms with Gasteiger partial charge in [0, 0.05) is 10.9 Å². The summed E-state index contributed by atoms with van der Waals surface area (Å²) in [6, 6.07) is 0. The molecule has 0 fully saturated rings. The van der Waals surface area contributed by atoms with Crippen LogP contribution in [-0.4, -0.2) is 18.4 Å². The lowest BCUT2D eigenvalue weighted by Gasteiger charge is -2.23. The Morgan fingerprint density at radius 1 is 1.69 bits per heavy atom. The first-order chi connectivity index (χ1) is 6.20. The van der Waals surface area contributed by atoms with Gasteiger partial charge in [-0.2, -0.15) is 0 Å². The molecule has 0 N–H and O–H groups in total. The summed E-state index contributed by atoms with van der Waals surface area (Å²) in [5.74, 6) is 0.204. The van der Waals surface area contributed by atoms with E-state index in [1.54, 1.807) is 0 Å². The topological polar surface area (TPSA) is 26.3 Å². The van der Waals surface area contributed by atoms with Crippen molar-refractivity contribution in [3.8, 4) is 0 Å². The molecule has 0 amide bonds. The minimum absolute atomic E-state index is 0.151. The maximum atomic E-state index is 11.4. The Morgan fingerprint density at radius 2 is 2.38 bits per heavy atom. The first-order valence-electron chi connectivity index (χ1n) is 4.57. The molecule has 0 saturated carbocycles. The van der Waals surface area contributed by atoms with Crippen molar-refractivity contribution >= 4 is 21.9 Å². The highest BCUT2D eigenvalue weighted by molar-refractivity contribution is 9.09. The molecule has 0 unspecified atom stereocenters. The third kappa shape index (κ3) is 2.33. The molecule has 1 aliphatic rings. The largest absolute Gasteiger partial charge is 0.466 e. The van der Waals surface area contributed by atoms with Crippen molar-refractivity contribution in [3.63, 3.8) is 0 Å². The summed E-state index contributed by atoms with van der Waals surface area (Å²) < 4.78 is 4.77. The number of hydrogen-bond donors (Lipinski definition) is 0. The lowest BCUT2D eigenvalue weighted by molar-refractivity contribution is -0.136. The zero-order chi connectivity index (χ0) is 9.84. The summed E-state index contributed by atoms with van der Waals surface area (Å²) >= 11 is 3.41. The van der Waals surface area contributed by atoms with Gasteiger partial charge < -0.3 is 4.74 Å². The molecule has 0 aromatic carbocycles. The number of halogens is 1. The molecule has 3 heteroatoms. The Hall–Kier alpha value is -0.310. The standard InChI is InChI=1S/C10H15BrO2/c1-7-4-3-5-8(6-11)9(7)10(12)13-2/h7H,3-6H2,1-2H3/t7-/m0/s1. The first kappa shape index (κ1) is 10.8. The van der Waals surface area contributed by atoms with Gasteiger partial charge in [-0.05, 0) is 30.8 Å². The average molecular weight is 247 g/mol. The van der Waals surface area contributed by atoms with Gasteiger partial charge in [-0.1, -0.05) is 22.9 Å². The fraction of sp³-hybridized carbons (Fsp3) is 0.700. The minimum atomic E-state index is -0.151. The Morgan fingerprint density at radius 3 is 2.92 bits per heavy atom. The summed E-state index contributed by atoms with van der Waals surface area (Å²) in [5, 5.41) is 0.793. The Kier molecular flexibility index (Phi) is 3.97. The zero-order valence-electron chi connectivity index (χ0n) is 8.10. The third-order valence-electron chi connectivity index (χ3n) is 2.56. The van der Waals surface area contributed by atoms with Gasteiger partial charge in [0.25, 0.3) is 0 Å². The van der Waals surface area contributed by atoms with Crippen LogP contribution in [0.4, 0.5) is 0 Å². The summed E-state index contributed by atoms with van der Waals surface area (Å²) in [6.07, 6.45) is 3.31. The van der Waals surface area contributed by atoms with Crippen molar-refractivity contribution in [1.82, 2.24) is 0 Å². The molecule has 0 aromatic heterocycles. The van der Waals surface area contributed by atoms with Crippen LogP contribution in [0.5, 0.6) is 0 Å². The molecule has 0 heterocycles. The number of alkyl halides is 1. The maximum Gasteiger partial charge on any atom is 0.333 e. The molecular formula is C10H15BrO2. The zero-order valence-corrected chi connectivity index (χ0v) is 9.69. The second kappa shape index (κ2) is 4.80. The molecule has 0 spiro atoms. The van der Waals surface area contributed by atoms with Crippen molar-refractivity contribution in [2.24, 2.45) is 5.92 Å². The van der Waals surface area contributed by atoms with Crippen LogP contribution in [0.15, 0.2) is 11.1 Å². The van der Waals surface area contributed by atoms with Crippen LogP contribution >= 0.6 is 15.9 Å². The summed E-state index contributed by atoms with van der Waals surface area (Å²) in [7, 11) is 1.45. The van der Waals surface area contributed by atoms with Gasteiger partial charge in [0.05, 0.1) is 7.11 Å². The van der Waals surface area contributed by atoms with Gasteiger partial charge in [-0.3, -0.25) is 0 Å². The van der Waals surface area contributed by atoms with Crippen molar-refractivity contribution < 1.29 is 9.53 Å². The normalized spacial score (nSPS) is 23.2. The van der Waals surface area contributed by atoms with Crippen LogP contribution in [0, 0.1) is 5.92 Å². The molecule has 0 saturated heterocycles. The lowest BCUT2D eigenvalue weighted by atomic mass is 9.84. The van der Waals surface area contributed by atoms with E-state index in [2.05, 4.69) is 22.9 Å². The number of esters is 1. The SMILES string of the molecule is COC(=O)C1=C(CBr)CCC[C@@H]1C. The van der Waals surface area contributed by atoms with E-state index in [1.807, 2.05) is 0 Å². The number of methoxy groups -OCH3 is 1. The molecule has 0 aromatic rings. The highest BCUT2D eigenvalue weighted by Gasteiger charge is 2.24. The van der Waals surface area contributed by atoms with Crippen LogP contribution < -0.4 is 0 Å². The van der Waals surface area contributed by atoms with E-state index in [9.17, 15) is 4.79 Å². The number of carbonyl (C=O) groups is 1. The molecular weight excluding hydrogens is 232 g/mol. The molecule has 1 aliphatic carbocycles. The third-order valence-corrected chi connectivity index (χ3v) is 3.23. The van der Waals surface area contributed by atoms with E-state index in [1.165, 1.54) is 19.1 Å². The number of hydrogen-bond acceptors (Lipinski definition) is 2. The van der Waals surface area contributed by atoms with Crippen LogP contribution in [0.2, 0.25) is 0 Å². The molecule has 1 rings (SSSR count). The van der Waals surface area contributed by atoms with E-state index in [0.29, 0.717) is 5.92 Å². The highest BCUT2D eigenvalue weighted by Crippen LogP contribution is 2.31. The number of allylic oxidation sites excluding steroid dienone is 1. The molecule has 2 nitrogen and oxygen atoms in total. The van der Waals surface area contributed by atoms with Crippen LogP contribution in [-0.2, 0) is 9.53 Å². The van der Waals surface area contributed by atoms with E-state index in [0.717, 1.165) is 23.7 Å². The molecule has 0 radical (unpaired) electrons. The second-order valence-corrected chi connectivity index (χ2v) is 4.00. The number of carbonyl (C=O) groups excluding carboxylic acids is 1. The van der Waals surface area contributed by atoms with Crippen molar-refractivity contribution in [2.45, 2.75) is 26.2 Å². The number of rotatable bonds is 2. The van der Waals surface area contributed by atoms with E-state index >= 15 is 0 Å². The van der Waals surface area contributed by atoms with Crippen LogP contribution in [0.3, 0.4) is 0 Å².